The van der Waals surface area contributed by atoms with Gasteiger partial charge in [-0.2, -0.15) is 0 Å². The highest BCUT2D eigenvalue weighted by molar-refractivity contribution is 9.08. The van der Waals surface area contributed by atoms with E-state index in [9.17, 15) is 0 Å². The molecule has 0 spiro atoms. The van der Waals surface area contributed by atoms with Crippen molar-refractivity contribution < 1.29 is 9.47 Å². The lowest BCUT2D eigenvalue weighted by molar-refractivity contribution is 0.174. The Bertz CT molecular complexity index is 803. The lowest BCUT2D eigenvalue weighted by atomic mass is 10.2. The predicted octanol–water partition coefficient (Wildman–Crippen LogP) is 3.98. The fraction of sp³-hybridized carbons (Fsp3) is 0.143. The van der Waals surface area contributed by atoms with Crippen LogP contribution in [0.5, 0.6) is 11.5 Å². The van der Waals surface area contributed by atoms with Crippen molar-refractivity contribution in [2.45, 2.75) is 5.33 Å². The van der Waals surface area contributed by atoms with Crippen LogP contribution in [-0.4, -0.2) is 16.8 Å². The van der Waals surface area contributed by atoms with Crippen molar-refractivity contribution in [1.82, 2.24) is 9.97 Å². The van der Waals surface area contributed by atoms with Gasteiger partial charge in [0, 0.05) is 17.1 Å². The van der Waals surface area contributed by atoms with Gasteiger partial charge in [-0.25, -0.2) is 9.97 Å². The molecule has 0 N–H and O–H groups in total. The van der Waals surface area contributed by atoms with Crippen LogP contribution in [0.1, 0.15) is 5.56 Å². The third-order valence-electron chi connectivity index (χ3n) is 3.16. The average molecular weight is 349 g/mol. The Morgan fingerprint density at radius 2 is 2.15 bits per heavy atom. The maximum Gasteiger partial charge on any atom is 0.231 e. The molecule has 0 radical (unpaired) electrons. The number of aromatic nitrogens is 2. The van der Waals surface area contributed by atoms with Gasteiger partial charge in [-0.1, -0.05) is 15.9 Å². The molecule has 0 saturated carbocycles. The van der Waals surface area contributed by atoms with E-state index in [1.54, 1.807) is 11.3 Å². The first-order chi connectivity index (χ1) is 9.85. The SMILES string of the molecule is BrCc1csc2cnc(-c3ccc4c(c3)OCO4)nc12. The number of alkyl halides is 1. The van der Waals surface area contributed by atoms with Gasteiger partial charge < -0.3 is 9.47 Å². The Labute approximate surface area is 127 Å². The number of hydrogen-bond acceptors (Lipinski definition) is 5. The van der Waals surface area contributed by atoms with Crippen LogP contribution in [-0.2, 0) is 5.33 Å². The number of rotatable bonds is 2. The molecular weight excluding hydrogens is 340 g/mol. The van der Waals surface area contributed by atoms with E-state index in [2.05, 4.69) is 31.3 Å². The number of hydrogen-bond donors (Lipinski definition) is 0. The van der Waals surface area contributed by atoms with Crippen molar-refractivity contribution in [2.24, 2.45) is 0 Å². The summed E-state index contributed by atoms with van der Waals surface area (Å²) in [6, 6.07) is 5.77. The van der Waals surface area contributed by atoms with E-state index >= 15 is 0 Å². The molecule has 6 heteroatoms. The van der Waals surface area contributed by atoms with Crippen LogP contribution in [0, 0.1) is 0 Å². The molecule has 3 heterocycles. The summed E-state index contributed by atoms with van der Waals surface area (Å²) in [4.78, 5) is 9.11. The van der Waals surface area contributed by atoms with Crippen LogP contribution in [0.3, 0.4) is 0 Å². The second-order valence-corrected chi connectivity index (χ2v) is 5.84. The number of benzene rings is 1. The molecule has 0 fully saturated rings. The maximum absolute atomic E-state index is 5.39. The molecule has 1 aromatic carbocycles. The van der Waals surface area contributed by atoms with E-state index in [4.69, 9.17) is 9.47 Å². The summed E-state index contributed by atoms with van der Waals surface area (Å²) < 4.78 is 11.8. The molecule has 3 aromatic rings. The number of ether oxygens (including phenoxy) is 2. The van der Waals surface area contributed by atoms with Crippen LogP contribution in [0.2, 0.25) is 0 Å². The van der Waals surface area contributed by atoms with Gasteiger partial charge in [0.15, 0.2) is 17.3 Å². The zero-order chi connectivity index (χ0) is 13.5. The maximum atomic E-state index is 5.39. The summed E-state index contributed by atoms with van der Waals surface area (Å²) in [6.07, 6.45) is 1.87. The zero-order valence-electron chi connectivity index (χ0n) is 10.3. The zero-order valence-corrected chi connectivity index (χ0v) is 12.7. The fourth-order valence-electron chi connectivity index (χ4n) is 2.15. The number of thiophene rings is 1. The number of nitrogens with zero attached hydrogens (tertiary/aromatic N) is 2. The summed E-state index contributed by atoms with van der Waals surface area (Å²) in [5, 5.41) is 2.90. The Morgan fingerprint density at radius 3 is 3.05 bits per heavy atom. The largest absolute Gasteiger partial charge is 0.454 e. The van der Waals surface area contributed by atoms with E-state index in [0.717, 1.165) is 32.6 Å². The predicted molar refractivity (Wildman–Crippen MR) is 81.6 cm³/mol. The molecule has 2 aromatic heterocycles. The van der Waals surface area contributed by atoms with E-state index in [1.807, 2.05) is 24.4 Å². The van der Waals surface area contributed by atoms with Crippen molar-refractivity contribution in [3.05, 3.63) is 35.3 Å². The Hall–Kier alpha value is -1.66. The third-order valence-corrected chi connectivity index (χ3v) is 4.72. The highest BCUT2D eigenvalue weighted by Gasteiger charge is 2.15. The summed E-state index contributed by atoms with van der Waals surface area (Å²) in [5.74, 6) is 2.22. The van der Waals surface area contributed by atoms with Gasteiger partial charge in [0.05, 0.1) is 10.2 Å². The summed E-state index contributed by atoms with van der Waals surface area (Å²) in [7, 11) is 0. The lowest BCUT2D eigenvalue weighted by Gasteiger charge is -2.02. The van der Waals surface area contributed by atoms with E-state index in [-0.39, 0.29) is 6.79 Å². The van der Waals surface area contributed by atoms with Gasteiger partial charge in [0.1, 0.15) is 0 Å². The molecule has 20 heavy (non-hydrogen) atoms. The minimum Gasteiger partial charge on any atom is -0.454 e. The molecule has 1 aliphatic heterocycles. The van der Waals surface area contributed by atoms with Crippen LogP contribution in [0.4, 0.5) is 0 Å². The molecule has 0 saturated heterocycles. The Balaban J connectivity index is 1.85. The molecule has 0 aliphatic carbocycles. The molecule has 0 unspecified atom stereocenters. The molecular formula is C14H9BrN2O2S. The van der Waals surface area contributed by atoms with E-state index in [1.165, 1.54) is 5.56 Å². The van der Waals surface area contributed by atoms with Gasteiger partial charge in [-0.3, -0.25) is 0 Å². The van der Waals surface area contributed by atoms with Gasteiger partial charge in [0.25, 0.3) is 0 Å². The number of halogens is 1. The first-order valence-corrected chi connectivity index (χ1v) is 8.04. The smallest absolute Gasteiger partial charge is 0.231 e. The molecule has 4 nitrogen and oxygen atoms in total. The fourth-order valence-corrected chi connectivity index (χ4v) is 3.65. The third kappa shape index (κ3) is 1.87. The minimum absolute atomic E-state index is 0.275. The van der Waals surface area contributed by atoms with Gasteiger partial charge >= 0.3 is 0 Å². The van der Waals surface area contributed by atoms with E-state index in [0.29, 0.717) is 5.82 Å². The second-order valence-electron chi connectivity index (χ2n) is 4.37. The Kier molecular flexibility index (Phi) is 2.85. The van der Waals surface area contributed by atoms with Crippen LogP contribution in [0.25, 0.3) is 21.6 Å². The monoisotopic (exact) mass is 348 g/mol. The average Bonchev–Trinajstić information content (AvgIpc) is 3.12. The number of fused-ring (bicyclic) bond motifs is 2. The first-order valence-electron chi connectivity index (χ1n) is 6.04. The van der Waals surface area contributed by atoms with Crippen LogP contribution >= 0.6 is 27.3 Å². The first kappa shape index (κ1) is 12.1. The van der Waals surface area contributed by atoms with Gasteiger partial charge in [-0.05, 0) is 29.1 Å². The van der Waals surface area contributed by atoms with Crippen LogP contribution < -0.4 is 9.47 Å². The topological polar surface area (TPSA) is 44.2 Å². The summed E-state index contributed by atoms with van der Waals surface area (Å²) >= 11 is 5.15. The molecule has 0 bridgehead atoms. The standard InChI is InChI=1S/C14H9BrN2O2S/c15-4-9-6-20-12-5-16-14(17-13(9)12)8-1-2-10-11(3-8)19-7-18-10/h1-3,5-6H,4,7H2. The molecule has 0 atom stereocenters. The normalized spacial score (nSPS) is 13.1. The molecule has 0 amide bonds. The highest BCUT2D eigenvalue weighted by atomic mass is 79.9. The van der Waals surface area contributed by atoms with Crippen LogP contribution in [0.15, 0.2) is 29.8 Å². The summed E-state index contributed by atoms with van der Waals surface area (Å²) in [5.41, 5.74) is 3.13. The van der Waals surface area contributed by atoms with Gasteiger partial charge in [0.2, 0.25) is 6.79 Å². The van der Waals surface area contributed by atoms with Crippen molar-refractivity contribution in [2.75, 3.05) is 6.79 Å². The lowest BCUT2D eigenvalue weighted by Crippen LogP contribution is -1.93. The van der Waals surface area contributed by atoms with Crippen molar-refractivity contribution in [1.29, 1.82) is 0 Å². The van der Waals surface area contributed by atoms with Crippen molar-refractivity contribution in [3.63, 3.8) is 0 Å². The quantitative estimate of drug-likeness (QED) is 0.657. The molecule has 1 aliphatic rings. The van der Waals surface area contributed by atoms with Crippen molar-refractivity contribution >= 4 is 37.5 Å². The van der Waals surface area contributed by atoms with Crippen molar-refractivity contribution in [3.8, 4) is 22.9 Å². The highest BCUT2D eigenvalue weighted by Crippen LogP contribution is 2.35. The summed E-state index contributed by atoms with van der Waals surface area (Å²) in [6.45, 7) is 0.275. The second kappa shape index (κ2) is 4.71. The molecule has 100 valence electrons. The Morgan fingerprint density at radius 1 is 1.25 bits per heavy atom. The minimum atomic E-state index is 0.275. The van der Waals surface area contributed by atoms with E-state index < -0.39 is 0 Å². The van der Waals surface area contributed by atoms with Gasteiger partial charge in [-0.15, -0.1) is 11.3 Å². The molecule has 4 rings (SSSR count).